The van der Waals surface area contributed by atoms with Crippen molar-refractivity contribution in [3.63, 3.8) is 0 Å². The van der Waals surface area contributed by atoms with E-state index < -0.39 is 70.5 Å². The monoisotopic (exact) mass is 434 g/mol. The summed E-state index contributed by atoms with van der Waals surface area (Å²) in [7, 11) is 0. The van der Waals surface area contributed by atoms with Gasteiger partial charge in [0.15, 0.2) is 29.0 Å². The van der Waals surface area contributed by atoms with Crippen LogP contribution in [0.15, 0.2) is 11.3 Å². The van der Waals surface area contributed by atoms with Crippen LogP contribution in [0.3, 0.4) is 0 Å². The Hall–Kier alpha value is -2.26. The lowest BCUT2D eigenvalue weighted by Crippen LogP contribution is -2.71. The van der Waals surface area contributed by atoms with Gasteiger partial charge in [0.2, 0.25) is 0 Å². The van der Waals surface area contributed by atoms with Crippen LogP contribution < -0.4 is 0 Å². The van der Waals surface area contributed by atoms with Crippen molar-refractivity contribution >= 4 is 23.5 Å². The Morgan fingerprint density at radius 2 is 1.81 bits per heavy atom. The molecular weight excluding hydrogens is 408 g/mol. The predicted octanol–water partition coefficient (Wildman–Crippen LogP) is 0.609. The largest absolute Gasteiger partial charge is 0.482 e. The minimum absolute atomic E-state index is 0.145. The molecule has 6 aliphatic rings. The van der Waals surface area contributed by atoms with Gasteiger partial charge in [0.1, 0.15) is 29.0 Å². The molecule has 2 aliphatic carbocycles. The molecule has 5 bridgehead atoms. The highest BCUT2D eigenvalue weighted by Gasteiger charge is 2.78. The van der Waals surface area contributed by atoms with Crippen molar-refractivity contribution < 1.29 is 43.2 Å². The van der Waals surface area contributed by atoms with Crippen molar-refractivity contribution in [3.8, 4) is 0 Å². The van der Waals surface area contributed by atoms with Gasteiger partial charge < -0.3 is 24.1 Å². The molecule has 0 unspecified atom stereocenters. The SMILES string of the molecule is CC(=O)O[C@@H]1[C@@H]2[C@H]3O[C@@H]3C(=O)[C@@](C)(O)C[C@H](C)C(=O)C3=C4O[C@]1(C)[C@@H](C)C[C@@]42OC3=O. The quantitative estimate of drug-likeness (QED) is 0.358. The number of aliphatic hydroxyl groups is 1. The van der Waals surface area contributed by atoms with Crippen LogP contribution in [0, 0.1) is 17.8 Å². The molecule has 0 amide bonds. The predicted molar refractivity (Wildman–Crippen MR) is 101 cm³/mol. The Labute approximate surface area is 179 Å². The minimum atomic E-state index is -1.81. The highest BCUT2D eigenvalue weighted by atomic mass is 16.6. The Bertz CT molecular complexity index is 964. The summed E-state index contributed by atoms with van der Waals surface area (Å²) in [6, 6.07) is 0. The zero-order valence-corrected chi connectivity index (χ0v) is 18.1. The number of carbonyl (C=O) groups excluding carboxylic acids is 4. The first-order valence-electron chi connectivity index (χ1n) is 10.6. The lowest BCUT2D eigenvalue weighted by Gasteiger charge is -2.60. The number of hydrogen-bond acceptors (Lipinski definition) is 9. The summed E-state index contributed by atoms with van der Waals surface area (Å²) in [6.45, 7) is 7.86. The first-order chi connectivity index (χ1) is 14.3. The molecule has 1 saturated carbocycles. The van der Waals surface area contributed by atoms with Gasteiger partial charge in [-0.1, -0.05) is 13.8 Å². The summed E-state index contributed by atoms with van der Waals surface area (Å²) in [6.07, 6.45) is -2.39. The average Bonchev–Trinajstić information content (AvgIpc) is 3.36. The number of hydrogen-bond donors (Lipinski definition) is 1. The molecular formula is C22H26O9. The average molecular weight is 434 g/mol. The highest BCUT2D eigenvalue weighted by molar-refractivity contribution is 6.20. The molecule has 6 rings (SSSR count). The molecule has 0 radical (unpaired) electrons. The van der Waals surface area contributed by atoms with E-state index in [9.17, 15) is 24.3 Å². The number of esters is 2. The van der Waals surface area contributed by atoms with Crippen LogP contribution in [0.1, 0.15) is 47.5 Å². The Morgan fingerprint density at radius 1 is 1.13 bits per heavy atom. The van der Waals surface area contributed by atoms with Crippen LogP contribution in [0.2, 0.25) is 0 Å². The standard InChI is InChI=1S/C22H26O9/c1-8-6-20(4,27)16(25)15-14(29-15)12-18(28-10(3)23)21(5)9(2)7-22(12)17(30-21)11(13(8)24)19(26)31-22/h8-9,12,14-15,18,27H,6-7H2,1-5H3/t8-,9-,12-,14+,15-,18+,20-,21+,22-/m0/s1. The summed E-state index contributed by atoms with van der Waals surface area (Å²) in [5, 5.41) is 10.8. The Kier molecular flexibility index (Phi) is 3.96. The third kappa shape index (κ3) is 2.50. The number of epoxide rings is 1. The number of ether oxygens (including phenoxy) is 4. The van der Waals surface area contributed by atoms with E-state index in [1.807, 2.05) is 6.92 Å². The third-order valence-electron chi connectivity index (χ3n) is 7.79. The number of fused-ring (bicyclic) bond motifs is 2. The van der Waals surface area contributed by atoms with Crippen LogP contribution in [-0.4, -0.2) is 63.7 Å². The van der Waals surface area contributed by atoms with Crippen LogP contribution in [-0.2, 0) is 38.1 Å². The lowest BCUT2D eigenvalue weighted by atomic mass is 9.57. The zero-order valence-electron chi connectivity index (χ0n) is 18.1. The van der Waals surface area contributed by atoms with Gasteiger partial charge in [-0.25, -0.2) is 4.79 Å². The van der Waals surface area contributed by atoms with Crippen molar-refractivity contribution in [1.29, 1.82) is 0 Å². The van der Waals surface area contributed by atoms with E-state index in [4.69, 9.17) is 18.9 Å². The number of carbonyl (C=O) groups is 4. The number of ketones is 2. The van der Waals surface area contributed by atoms with Crippen molar-refractivity contribution in [2.75, 3.05) is 0 Å². The van der Waals surface area contributed by atoms with E-state index in [-0.39, 0.29) is 23.7 Å². The molecule has 9 nitrogen and oxygen atoms in total. The second-order valence-corrected chi connectivity index (χ2v) is 10.1. The molecule has 3 saturated heterocycles. The van der Waals surface area contributed by atoms with Crippen molar-refractivity contribution in [1.82, 2.24) is 0 Å². The Morgan fingerprint density at radius 3 is 2.45 bits per heavy atom. The molecule has 4 fully saturated rings. The molecule has 0 aromatic carbocycles. The third-order valence-corrected chi connectivity index (χ3v) is 7.79. The van der Waals surface area contributed by atoms with Crippen molar-refractivity contribution in [2.45, 2.75) is 82.6 Å². The van der Waals surface area contributed by atoms with Crippen LogP contribution in [0.5, 0.6) is 0 Å². The summed E-state index contributed by atoms with van der Waals surface area (Å²) in [5.74, 6) is -4.01. The van der Waals surface area contributed by atoms with E-state index in [2.05, 4.69) is 0 Å². The topological polar surface area (TPSA) is 129 Å². The Balaban J connectivity index is 1.74. The van der Waals surface area contributed by atoms with Gasteiger partial charge in [-0.3, -0.25) is 14.4 Å². The molecule has 168 valence electrons. The molecule has 9 atom stereocenters. The second kappa shape index (κ2) is 5.95. The molecule has 1 N–H and O–H groups in total. The molecule has 4 aliphatic heterocycles. The summed E-state index contributed by atoms with van der Waals surface area (Å²) >= 11 is 0. The molecule has 0 aromatic heterocycles. The van der Waals surface area contributed by atoms with E-state index in [1.165, 1.54) is 13.8 Å². The zero-order chi connectivity index (χ0) is 22.7. The molecule has 1 spiro atoms. The fourth-order valence-corrected chi connectivity index (χ4v) is 6.08. The van der Waals surface area contributed by atoms with Crippen molar-refractivity contribution in [2.24, 2.45) is 17.8 Å². The van der Waals surface area contributed by atoms with Crippen LogP contribution >= 0.6 is 0 Å². The first kappa shape index (κ1) is 20.6. The van der Waals surface area contributed by atoms with Gasteiger partial charge in [0.05, 0.1) is 5.92 Å². The summed E-state index contributed by atoms with van der Waals surface area (Å²) < 4.78 is 23.6. The highest BCUT2D eigenvalue weighted by Crippen LogP contribution is 2.64. The summed E-state index contributed by atoms with van der Waals surface area (Å²) in [4.78, 5) is 51.3. The van der Waals surface area contributed by atoms with Gasteiger partial charge in [0, 0.05) is 25.2 Å². The fraction of sp³-hybridized carbons (Fsp3) is 0.727. The van der Waals surface area contributed by atoms with Gasteiger partial charge in [0.25, 0.3) is 0 Å². The maximum Gasteiger partial charge on any atom is 0.346 e. The maximum absolute atomic E-state index is 13.3. The fourth-order valence-electron chi connectivity index (χ4n) is 6.08. The smallest absolute Gasteiger partial charge is 0.346 e. The second-order valence-electron chi connectivity index (χ2n) is 10.1. The van der Waals surface area contributed by atoms with Gasteiger partial charge in [-0.2, -0.15) is 0 Å². The normalized spacial score (nSPS) is 50.3. The molecule has 9 heteroatoms. The van der Waals surface area contributed by atoms with Gasteiger partial charge in [-0.05, 0) is 20.3 Å². The van der Waals surface area contributed by atoms with Gasteiger partial charge >= 0.3 is 11.9 Å². The van der Waals surface area contributed by atoms with Crippen LogP contribution in [0.25, 0.3) is 0 Å². The lowest BCUT2D eigenvalue weighted by molar-refractivity contribution is -0.279. The van der Waals surface area contributed by atoms with E-state index in [0.29, 0.717) is 6.42 Å². The molecule has 0 aromatic rings. The number of Topliss-reactive ketones (excluding diaryl/α,β-unsaturated/α-hetero) is 2. The van der Waals surface area contributed by atoms with Crippen LogP contribution in [0.4, 0.5) is 0 Å². The van der Waals surface area contributed by atoms with E-state index in [0.717, 1.165) is 0 Å². The van der Waals surface area contributed by atoms with E-state index >= 15 is 0 Å². The van der Waals surface area contributed by atoms with Gasteiger partial charge in [-0.15, -0.1) is 0 Å². The molecule has 31 heavy (non-hydrogen) atoms. The van der Waals surface area contributed by atoms with Crippen molar-refractivity contribution in [3.05, 3.63) is 11.3 Å². The molecule has 4 heterocycles. The maximum atomic E-state index is 13.3. The van der Waals surface area contributed by atoms with E-state index in [1.54, 1.807) is 13.8 Å². The first-order valence-corrected chi connectivity index (χ1v) is 10.6. The summed E-state index contributed by atoms with van der Waals surface area (Å²) in [5.41, 5.74) is -4.41. The minimum Gasteiger partial charge on any atom is -0.482 e. The number of rotatable bonds is 1.